The van der Waals surface area contributed by atoms with E-state index in [9.17, 15) is 10.1 Å². The molecule has 2 aliphatic rings. The number of carbonyl (C=O) groups excluding carboxylic acids is 1. The predicted octanol–water partition coefficient (Wildman–Crippen LogP) is 3.28. The Labute approximate surface area is 171 Å². The highest BCUT2D eigenvalue weighted by Gasteiger charge is 2.34. The molecule has 0 saturated heterocycles. The van der Waals surface area contributed by atoms with Crippen molar-refractivity contribution in [3.05, 3.63) is 28.2 Å². The molecule has 0 spiro atoms. The first-order valence-corrected chi connectivity index (χ1v) is 10.4. The van der Waals surface area contributed by atoms with Crippen LogP contribution in [-0.2, 0) is 17.8 Å². The van der Waals surface area contributed by atoms with Gasteiger partial charge in [-0.15, -0.1) is 0 Å². The van der Waals surface area contributed by atoms with E-state index >= 15 is 0 Å². The van der Waals surface area contributed by atoms with Crippen LogP contribution in [0.1, 0.15) is 67.4 Å². The van der Waals surface area contributed by atoms with Gasteiger partial charge in [0.2, 0.25) is 5.91 Å². The Morgan fingerprint density at radius 3 is 2.55 bits per heavy atom. The van der Waals surface area contributed by atoms with Gasteiger partial charge in [-0.2, -0.15) is 10.4 Å². The molecule has 7 heteroatoms. The molecule has 0 unspecified atom stereocenters. The van der Waals surface area contributed by atoms with Crippen LogP contribution in [0.15, 0.2) is 0 Å². The summed E-state index contributed by atoms with van der Waals surface area (Å²) in [5.41, 5.74) is 12.0. The van der Waals surface area contributed by atoms with Crippen LogP contribution in [0.4, 0.5) is 5.82 Å². The number of pyridine rings is 1. The van der Waals surface area contributed by atoms with Crippen LogP contribution < -0.4 is 5.73 Å². The van der Waals surface area contributed by atoms with Crippen molar-refractivity contribution >= 4 is 11.7 Å². The van der Waals surface area contributed by atoms with Crippen molar-refractivity contribution in [1.29, 1.82) is 5.26 Å². The van der Waals surface area contributed by atoms with Crippen LogP contribution in [-0.4, -0.2) is 32.1 Å². The third kappa shape index (κ3) is 3.07. The third-order valence-corrected chi connectivity index (χ3v) is 6.32. The van der Waals surface area contributed by atoms with E-state index in [2.05, 4.69) is 24.9 Å². The summed E-state index contributed by atoms with van der Waals surface area (Å²) >= 11 is 0. The standard InChI is InChI=1S/C22H28N6O/c1-12(2)28-14(4)19(13(3)26-28)20-16(10-23)21(24)25-18-8-9-27(11-17(18)20)22(29)15-6-5-7-15/h12,15H,5-9,11H2,1-4H3,(H2,24,25). The topological polar surface area (TPSA) is 101 Å². The molecule has 2 aromatic rings. The lowest BCUT2D eigenvalue weighted by molar-refractivity contribution is -0.139. The second kappa shape index (κ2) is 7.18. The number of nitrogens with two attached hydrogens (primary N) is 1. The van der Waals surface area contributed by atoms with E-state index in [-0.39, 0.29) is 23.7 Å². The molecule has 1 aliphatic heterocycles. The minimum atomic E-state index is 0.157. The van der Waals surface area contributed by atoms with Crippen molar-refractivity contribution in [2.24, 2.45) is 5.92 Å². The van der Waals surface area contributed by atoms with Gasteiger partial charge in [-0.1, -0.05) is 6.42 Å². The summed E-state index contributed by atoms with van der Waals surface area (Å²) in [7, 11) is 0. The van der Waals surface area contributed by atoms with Gasteiger partial charge in [0.05, 0.1) is 11.4 Å². The zero-order valence-electron chi connectivity index (χ0n) is 17.6. The summed E-state index contributed by atoms with van der Waals surface area (Å²) in [6, 6.07) is 2.47. The average Bonchev–Trinajstić information content (AvgIpc) is 2.93. The van der Waals surface area contributed by atoms with E-state index in [1.54, 1.807) is 0 Å². The molecule has 0 radical (unpaired) electrons. The molecule has 29 heavy (non-hydrogen) atoms. The van der Waals surface area contributed by atoms with Gasteiger partial charge in [-0.05, 0) is 40.5 Å². The summed E-state index contributed by atoms with van der Waals surface area (Å²) < 4.78 is 1.98. The van der Waals surface area contributed by atoms with E-state index < -0.39 is 0 Å². The van der Waals surface area contributed by atoms with E-state index in [0.29, 0.717) is 25.1 Å². The lowest BCUT2D eigenvalue weighted by Crippen LogP contribution is -2.42. The minimum absolute atomic E-state index is 0.157. The fraction of sp³-hybridized carbons (Fsp3) is 0.545. The van der Waals surface area contributed by atoms with E-state index in [4.69, 9.17) is 10.8 Å². The Morgan fingerprint density at radius 2 is 2.00 bits per heavy atom. The van der Waals surface area contributed by atoms with Gasteiger partial charge >= 0.3 is 0 Å². The molecule has 1 fully saturated rings. The molecule has 1 aliphatic carbocycles. The summed E-state index contributed by atoms with van der Waals surface area (Å²) in [5.74, 6) is 0.648. The van der Waals surface area contributed by atoms with Crippen LogP contribution in [0.3, 0.4) is 0 Å². The smallest absolute Gasteiger partial charge is 0.225 e. The fourth-order valence-electron chi connectivity index (χ4n) is 4.60. The second-order valence-corrected chi connectivity index (χ2v) is 8.51. The van der Waals surface area contributed by atoms with Crippen LogP contribution >= 0.6 is 0 Å². The first-order chi connectivity index (χ1) is 13.8. The number of rotatable bonds is 3. The number of hydrogen-bond donors (Lipinski definition) is 1. The predicted molar refractivity (Wildman–Crippen MR) is 111 cm³/mol. The number of amides is 1. The highest BCUT2D eigenvalue weighted by Crippen LogP contribution is 2.39. The summed E-state index contributed by atoms with van der Waals surface area (Å²) in [6.45, 7) is 9.30. The highest BCUT2D eigenvalue weighted by molar-refractivity contribution is 5.84. The summed E-state index contributed by atoms with van der Waals surface area (Å²) in [6.07, 6.45) is 3.76. The number of nitrogen functional groups attached to an aromatic ring is 1. The highest BCUT2D eigenvalue weighted by atomic mass is 16.2. The zero-order chi connectivity index (χ0) is 20.9. The van der Waals surface area contributed by atoms with Crippen molar-refractivity contribution in [2.75, 3.05) is 12.3 Å². The molecule has 4 rings (SSSR count). The number of anilines is 1. The van der Waals surface area contributed by atoms with Crippen molar-refractivity contribution in [3.63, 3.8) is 0 Å². The average molecular weight is 393 g/mol. The molecular formula is C22H28N6O. The molecule has 3 heterocycles. The van der Waals surface area contributed by atoms with Gasteiger partial charge < -0.3 is 10.6 Å². The first-order valence-electron chi connectivity index (χ1n) is 10.4. The van der Waals surface area contributed by atoms with E-state index in [0.717, 1.165) is 53.0 Å². The number of nitrogens with zero attached hydrogens (tertiary/aromatic N) is 5. The molecule has 0 aromatic carbocycles. The van der Waals surface area contributed by atoms with Gasteiger partial charge in [-0.3, -0.25) is 9.48 Å². The molecule has 0 atom stereocenters. The number of hydrogen-bond acceptors (Lipinski definition) is 5. The van der Waals surface area contributed by atoms with E-state index in [1.807, 2.05) is 23.4 Å². The SMILES string of the molecule is Cc1nn(C(C)C)c(C)c1-c1c(C#N)c(N)nc2c1CN(C(=O)C1CCC1)CC2. The Kier molecular flexibility index (Phi) is 4.81. The maximum atomic E-state index is 12.9. The number of aryl methyl sites for hydroxylation is 1. The Morgan fingerprint density at radius 1 is 1.28 bits per heavy atom. The monoisotopic (exact) mass is 392 g/mol. The molecule has 2 aromatic heterocycles. The van der Waals surface area contributed by atoms with Crippen molar-refractivity contribution in [3.8, 4) is 17.2 Å². The molecule has 1 amide bonds. The van der Waals surface area contributed by atoms with Crippen LogP contribution in [0, 0.1) is 31.1 Å². The lowest BCUT2D eigenvalue weighted by atomic mass is 9.83. The first kappa shape index (κ1) is 19.4. The minimum Gasteiger partial charge on any atom is -0.383 e. The molecule has 0 bridgehead atoms. The lowest BCUT2D eigenvalue weighted by Gasteiger charge is -2.35. The van der Waals surface area contributed by atoms with Crippen molar-refractivity contribution in [2.45, 2.75) is 66.0 Å². The van der Waals surface area contributed by atoms with Gasteiger partial charge in [0, 0.05) is 53.9 Å². The Balaban J connectivity index is 1.88. The molecular weight excluding hydrogens is 364 g/mol. The second-order valence-electron chi connectivity index (χ2n) is 8.51. The van der Waals surface area contributed by atoms with Crippen molar-refractivity contribution in [1.82, 2.24) is 19.7 Å². The quantitative estimate of drug-likeness (QED) is 0.864. The van der Waals surface area contributed by atoms with Crippen molar-refractivity contribution < 1.29 is 4.79 Å². The van der Waals surface area contributed by atoms with Crippen LogP contribution in [0.2, 0.25) is 0 Å². The fourth-order valence-corrected chi connectivity index (χ4v) is 4.60. The summed E-state index contributed by atoms with van der Waals surface area (Å²) in [5, 5.41) is 14.6. The van der Waals surface area contributed by atoms with Crippen LogP contribution in [0.25, 0.3) is 11.1 Å². The Hall–Kier alpha value is -2.88. The molecule has 2 N–H and O–H groups in total. The summed E-state index contributed by atoms with van der Waals surface area (Å²) in [4.78, 5) is 19.4. The van der Waals surface area contributed by atoms with Gasteiger partial charge in [0.25, 0.3) is 0 Å². The largest absolute Gasteiger partial charge is 0.383 e. The molecule has 152 valence electrons. The van der Waals surface area contributed by atoms with Gasteiger partial charge in [0.15, 0.2) is 0 Å². The zero-order valence-corrected chi connectivity index (χ0v) is 17.6. The maximum absolute atomic E-state index is 12.9. The maximum Gasteiger partial charge on any atom is 0.225 e. The Bertz CT molecular complexity index is 1030. The van der Waals surface area contributed by atoms with E-state index in [1.165, 1.54) is 0 Å². The number of nitriles is 1. The van der Waals surface area contributed by atoms with Gasteiger partial charge in [0.1, 0.15) is 17.5 Å². The molecule has 1 saturated carbocycles. The number of fused-ring (bicyclic) bond motifs is 1. The number of carbonyl (C=O) groups is 1. The third-order valence-electron chi connectivity index (χ3n) is 6.32. The van der Waals surface area contributed by atoms with Crippen LogP contribution in [0.5, 0.6) is 0 Å². The normalized spacial score (nSPS) is 16.5. The molecule has 7 nitrogen and oxygen atoms in total. The number of aromatic nitrogens is 3. The van der Waals surface area contributed by atoms with Gasteiger partial charge in [-0.25, -0.2) is 4.98 Å².